The summed E-state index contributed by atoms with van der Waals surface area (Å²) in [5, 5.41) is 12.6. The van der Waals surface area contributed by atoms with Crippen molar-refractivity contribution in [3.8, 4) is 0 Å². The molecule has 0 aromatic heterocycles. The number of aliphatic hydroxyl groups excluding tert-OH is 1. The predicted octanol–water partition coefficient (Wildman–Crippen LogP) is 0.613. The predicted molar refractivity (Wildman–Crippen MR) is 41.8 cm³/mol. The largest absolute Gasteiger partial charge is 0.392 e. The fourth-order valence-electron chi connectivity index (χ4n) is 1.64. The molecule has 60 valence electrons. The average Bonchev–Trinajstić information content (AvgIpc) is 1.88. The number of rotatable bonds is 1. The standard InChI is InChI=1S/C8H17NO/c1-6(2)7-3-4-9-5-8(7)10/h6-10H,3-5H2,1-2H3. The highest BCUT2D eigenvalue weighted by Crippen LogP contribution is 2.20. The monoisotopic (exact) mass is 143 g/mol. The van der Waals surface area contributed by atoms with Crippen LogP contribution in [-0.4, -0.2) is 24.3 Å². The van der Waals surface area contributed by atoms with Gasteiger partial charge in [-0.3, -0.25) is 0 Å². The second-order valence-corrected chi connectivity index (χ2v) is 3.47. The Bertz CT molecular complexity index is 103. The van der Waals surface area contributed by atoms with E-state index < -0.39 is 0 Å². The van der Waals surface area contributed by atoms with Crippen LogP contribution >= 0.6 is 0 Å². The zero-order valence-electron chi connectivity index (χ0n) is 6.80. The molecule has 0 bridgehead atoms. The molecule has 0 aromatic carbocycles. The molecule has 1 saturated heterocycles. The van der Waals surface area contributed by atoms with Crippen molar-refractivity contribution in [2.75, 3.05) is 13.1 Å². The van der Waals surface area contributed by atoms with E-state index in [-0.39, 0.29) is 6.10 Å². The summed E-state index contributed by atoms with van der Waals surface area (Å²) >= 11 is 0. The number of β-amino-alcohol motifs (C(OH)–C–C–N with tert-alkyl or cyclic N) is 1. The van der Waals surface area contributed by atoms with Crippen LogP contribution in [-0.2, 0) is 0 Å². The van der Waals surface area contributed by atoms with Crippen molar-refractivity contribution in [2.45, 2.75) is 26.4 Å². The molecule has 10 heavy (non-hydrogen) atoms. The lowest BCUT2D eigenvalue weighted by Crippen LogP contribution is -2.42. The zero-order chi connectivity index (χ0) is 7.56. The summed E-state index contributed by atoms with van der Waals surface area (Å²) in [7, 11) is 0. The van der Waals surface area contributed by atoms with Gasteiger partial charge in [-0.25, -0.2) is 0 Å². The average molecular weight is 143 g/mol. The molecule has 0 amide bonds. The Labute approximate surface area is 62.6 Å². The Balaban J connectivity index is 2.40. The maximum atomic E-state index is 9.48. The van der Waals surface area contributed by atoms with Gasteiger partial charge in [-0.1, -0.05) is 13.8 Å². The summed E-state index contributed by atoms with van der Waals surface area (Å²) in [6.45, 7) is 6.21. The summed E-state index contributed by atoms with van der Waals surface area (Å²) in [4.78, 5) is 0. The molecule has 1 heterocycles. The van der Waals surface area contributed by atoms with Crippen molar-refractivity contribution in [1.29, 1.82) is 0 Å². The SMILES string of the molecule is CC(C)C1CCNCC1O. The maximum Gasteiger partial charge on any atom is 0.0695 e. The molecule has 0 saturated carbocycles. The van der Waals surface area contributed by atoms with Crippen LogP contribution in [0.1, 0.15) is 20.3 Å². The number of aliphatic hydroxyl groups is 1. The minimum Gasteiger partial charge on any atom is -0.392 e. The number of nitrogens with one attached hydrogen (secondary N) is 1. The smallest absolute Gasteiger partial charge is 0.0695 e. The first-order chi connectivity index (χ1) is 4.72. The van der Waals surface area contributed by atoms with Crippen LogP contribution in [0.4, 0.5) is 0 Å². The molecule has 0 aromatic rings. The van der Waals surface area contributed by atoms with Crippen molar-refractivity contribution >= 4 is 0 Å². The van der Waals surface area contributed by atoms with Gasteiger partial charge in [-0.2, -0.15) is 0 Å². The van der Waals surface area contributed by atoms with Gasteiger partial charge in [-0.15, -0.1) is 0 Å². The topological polar surface area (TPSA) is 32.3 Å². The van der Waals surface area contributed by atoms with Crippen LogP contribution in [0.3, 0.4) is 0 Å². The quantitative estimate of drug-likeness (QED) is 0.564. The van der Waals surface area contributed by atoms with E-state index in [9.17, 15) is 5.11 Å². The van der Waals surface area contributed by atoms with E-state index in [0.717, 1.165) is 19.5 Å². The minimum absolute atomic E-state index is 0.117. The lowest BCUT2D eigenvalue weighted by atomic mass is 9.85. The Kier molecular flexibility index (Phi) is 2.69. The van der Waals surface area contributed by atoms with Crippen LogP contribution in [0, 0.1) is 11.8 Å². The summed E-state index contributed by atoms with van der Waals surface area (Å²) in [6.07, 6.45) is 1.01. The highest BCUT2D eigenvalue weighted by Gasteiger charge is 2.24. The van der Waals surface area contributed by atoms with Gasteiger partial charge in [-0.05, 0) is 24.8 Å². The third-order valence-electron chi connectivity index (χ3n) is 2.36. The Hall–Kier alpha value is -0.0800. The van der Waals surface area contributed by atoms with E-state index in [2.05, 4.69) is 19.2 Å². The van der Waals surface area contributed by atoms with Crippen molar-refractivity contribution in [3.63, 3.8) is 0 Å². The molecule has 1 fully saturated rings. The molecule has 2 atom stereocenters. The Morgan fingerprint density at radius 2 is 2.20 bits per heavy atom. The first-order valence-electron chi connectivity index (χ1n) is 4.10. The van der Waals surface area contributed by atoms with Gasteiger partial charge in [0.15, 0.2) is 0 Å². The van der Waals surface area contributed by atoms with E-state index in [1.807, 2.05) is 0 Å². The molecule has 2 N–H and O–H groups in total. The van der Waals surface area contributed by atoms with Crippen molar-refractivity contribution in [3.05, 3.63) is 0 Å². The second-order valence-electron chi connectivity index (χ2n) is 3.47. The number of hydrogen-bond donors (Lipinski definition) is 2. The zero-order valence-corrected chi connectivity index (χ0v) is 6.80. The molecular weight excluding hydrogens is 126 g/mol. The van der Waals surface area contributed by atoms with Gasteiger partial charge in [0, 0.05) is 6.54 Å². The summed E-state index contributed by atoms with van der Waals surface area (Å²) < 4.78 is 0. The van der Waals surface area contributed by atoms with Crippen LogP contribution in [0.5, 0.6) is 0 Å². The highest BCUT2D eigenvalue weighted by molar-refractivity contribution is 4.78. The molecular formula is C8H17NO. The molecule has 2 unspecified atom stereocenters. The summed E-state index contributed by atoms with van der Waals surface area (Å²) in [6, 6.07) is 0. The molecule has 1 rings (SSSR count). The summed E-state index contributed by atoms with van der Waals surface area (Å²) in [5.74, 6) is 1.14. The van der Waals surface area contributed by atoms with E-state index in [0.29, 0.717) is 11.8 Å². The van der Waals surface area contributed by atoms with E-state index in [4.69, 9.17) is 0 Å². The fourth-order valence-corrected chi connectivity index (χ4v) is 1.64. The second kappa shape index (κ2) is 3.35. The Morgan fingerprint density at radius 3 is 2.60 bits per heavy atom. The third-order valence-corrected chi connectivity index (χ3v) is 2.36. The van der Waals surface area contributed by atoms with E-state index in [1.54, 1.807) is 0 Å². The van der Waals surface area contributed by atoms with Crippen LogP contribution in [0.2, 0.25) is 0 Å². The fraction of sp³-hybridized carbons (Fsp3) is 1.00. The van der Waals surface area contributed by atoms with Crippen molar-refractivity contribution in [1.82, 2.24) is 5.32 Å². The molecule has 0 aliphatic carbocycles. The van der Waals surface area contributed by atoms with Crippen molar-refractivity contribution in [2.24, 2.45) is 11.8 Å². The van der Waals surface area contributed by atoms with Gasteiger partial charge in [0.1, 0.15) is 0 Å². The molecule has 2 heteroatoms. The molecule has 1 aliphatic rings. The van der Waals surface area contributed by atoms with Gasteiger partial charge >= 0.3 is 0 Å². The van der Waals surface area contributed by atoms with Crippen LogP contribution in [0.15, 0.2) is 0 Å². The van der Waals surface area contributed by atoms with Gasteiger partial charge < -0.3 is 10.4 Å². The lowest BCUT2D eigenvalue weighted by molar-refractivity contribution is 0.0570. The highest BCUT2D eigenvalue weighted by atomic mass is 16.3. The Morgan fingerprint density at radius 1 is 1.50 bits per heavy atom. The minimum atomic E-state index is -0.117. The molecule has 0 spiro atoms. The van der Waals surface area contributed by atoms with E-state index >= 15 is 0 Å². The van der Waals surface area contributed by atoms with Gasteiger partial charge in [0.05, 0.1) is 6.10 Å². The lowest BCUT2D eigenvalue weighted by Gasteiger charge is -2.31. The normalized spacial score (nSPS) is 34.8. The summed E-state index contributed by atoms with van der Waals surface area (Å²) in [5.41, 5.74) is 0. The van der Waals surface area contributed by atoms with Gasteiger partial charge in [0.25, 0.3) is 0 Å². The van der Waals surface area contributed by atoms with Crippen LogP contribution in [0.25, 0.3) is 0 Å². The molecule has 2 nitrogen and oxygen atoms in total. The number of hydrogen-bond acceptors (Lipinski definition) is 2. The molecule has 1 aliphatic heterocycles. The third kappa shape index (κ3) is 1.70. The van der Waals surface area contributed by atoms with E-state index in [1.165, 1.54) is 0 Å². The van der Waals surface area contributed by atoms with Gasteiger partial charge in [0.2, 0.25) is 0 Å². The number of piperidine rings is 1. The molecule has 0 radical (unpaired) electrons. The van der Waals surface area contributed by atoms with Crippen molar-refractivity contribution < 1.29 is 5.11 Å². The van der Waals surface area contributed by atoms with Crippen LogP contribution < -0.4 is 5.32 Å². The first-order valence-corrected chi connectivity index (χ1v) is 4.10. The first kappa shape index (κ1) is 8.02. The maximum absolute atomic E-state index is 9.48.